The fourth-order valence-electron chi connectivity index (χ4n) is 3.18. The maximum absolute atomic E-state index is 12.4. The first-order valence-electron chi connectivity index (χ1n) is 11.5. The van der Waals surface area contributed by atoms with Crippen LogP contribution in [0.15, 0.2) is 0 Å². The molecular weight excluding hydrogens is 516 g/mol. The van der Waals surface area contributed by atoms with Crippen molar-refractivity contribution < 1.29 is 28.7 Å². The molecule has 0 bridgehead atoms. The Morgan fingerprint density at radius 1 is 0.757 bits per heavy atom. The van der Waals surface area contributed by atoms with Gasteiger partial charge < -0.3 is 20.1 Å². The number of esters is 2. The monoisotopic (exact) mass is 544 g/mol. The van der Waals surface area contributed by atoms with Gasteiger partial charge in [-0.25, -0.2) is 9.59 Å². The van der Waals surface area contributed by atoms with Crippen molar-refractivity contribution in [2.24, 2.45) is 0 Å². The van der Waals surface area contributed by atoms with Crippen molar-refractivity contribution in [2.75, 3.05) is 10.6 Å². The molecule has 2 N–H and O–H groups in total. The standard InChI is InChI=1S/C25H28N4O6S2/c1-12(2)34-24(32)20-14(5)16(10-26)22(36-20)28-18(30)8-7-9-19(31)29-23-17(11-27)15(6)21(37-23)25(33)35-13(3)4/h12-13H,7-9H2,1-6H3,(H,28,30)(H,29,31). The lowest BCUT2D eigenvalue weighted by Crippen LogP contribution is -2.14. The average molecular weight is 545 g/mol. The fourth-order valence-corrected chi connectivity index (χ4v) is 5.30. The molecule has 0 aliphatic carbocycles. The van der Waals surface area contributed by atoms with E-state index in [0.29, 0.717) is 11.1 Å². The van der Waals surface area contributed by atoms with Gasteiger partial charge in [0.1, 0.15) is 31.9 Å². The normalized spacial score (nSPS) is 10.5. The van der Waals surface area contributed by atoms with Gasteiger partial charge >= 0.3 is 11.9 Å². The molecule has 0 spiro atoms. The Labute approximate surface area is 223 Å². The minimum atomic E-state index is -0.563. The molecular formula is C25H28N4O6S2. The van der Waals surface area contributed by atoms with Crippen LogP contribution in [0.4, 0.5) is 10.0 Å². The van der Waals surface area contributed by atoms with E-state index in [2.05, 4.69) is 10.6 Å². The summed E-state index contributed by atoms with van der Waals surface area (Å²) in [5.41, 5.74) is 1.25. The average Bonchev–Trinajstić information content (AvgIpc) is 3.28. The number of hydrogen-bond donors (Lipinski definition) is 2. The zero-order valence-corrected chi connectivity index (χ0v) is 23.1. The largest absolute Gasteiger partial charge is 0.459 e. The van der Waals surface area contributed by atoms with Crippen molar-refractivity contribution in [3.05, 3.63) is 32.0 Å². The van der Waals surface area contributed by atoms with Gasteiger partial charge in [-0.2, -0.15) is 10.5 Å². The molecule has 2 rings (SSSR count). The smallest absolute Gasteiger partial charge is 0.348 e. The zero-order valence-electron chi connectivity index (χ0n) is 21.4. The third-order valence-electron chi connectivity index (χ3n) is 4.89. The molecule has 0 aliphatic heterocycles. The van der Waals surface area contributed by atoms with Gasteiger partial charge in [0.2, 0.25) is 11.8 Å². The highest BCUT2D eigenvalue weighted by Gasteiger charge is 2.24. The van der Waals surface area contributed by atoms with Crippen molar-refractivity contribution in [1.29, 1.82) is 10.5 Å². The van der Waals surface area contributed by atoms with E-state index in [0.717, 1.165) is 22.7 Å². The second-order valence-corrected chi connectivity index (χ2v) is 10.6. The van der Waals surface area contributed by atoms with E-state index in [1.54, 1.807) is 41.5 Å². The van der Waals surface area contributed by atoms with E-state index in [4.69, 9.17) is 9.47 Å². The Kier molecular flexibility index (Phi) is 10.4. The van der Waals surface area contributed by atoms with Crippen molar-refractivity contribution in [3.63, 3.8) is 0 Å². The number of carbonyl (C=O) groups is 4. The summed E-state index contributed by atoms with van der Waals surface area (Å²) in [7, 11) is 0. The number of anilines is 2. The van der Waals surface area contributed by atoms with E-state index in [9.17, 15) is 29.7 Å². The summed E-state index contributed by atoms with van der Waals surface area (Å²) < 4.78 is 10.4. The number of carbonyl (C=O) groups excluding carboxylic acids is 4. The van der Waals surface area contributed by atoms with Gasteiger partial charge in [0, 0.05) is 12.8 Å². The molecule has 0 saturated heterocycles. The maximum atomic E-state index is 12.4. The molecule has 2 heterocycles. The fraction of sp³-hybridized carbons (Fsp3) is 0.440. The van der Waals surface area contributed by atoms with E-state index in [-0.39, 0.29) is 62.4 Å². The molecule has 0 aromatic carbocycles. The van der Waals surface area contributed by atoms with Gasteiger partial charge in [0.25, 0.3) is 0 Å². The molecule has 0 radical (unpaired) electrons. The molecule has 12 heteroatoms. The van der Waals surface area contributed by atoms with Crippen molar-refractivity contribution in [1.82, 2.24) is 0 Å². The second-order valence-electron chi connectivity index (χ2n) is 8.60. The van der Waals surface area contributed by atoms with Crippen LogP contribution in [-0.2, 0) is 19.1 Å². The summed E-state index contributed by atoms with van der Waals surface area (Å²) in [5, 5.41) is 24.7. The van der Waals surface area contributed by atoms with E-state index in [1.807, 2.05) is 12.1 Å². The Hall–Kier alpha value is -3.74. The Bertz CT molecular complexity index is 1200. The van der Waals surface area contributed by atoms with Crippen LogP contribution in [0.5, 0.6) is 0 Å². The third kappa shape index (κ3) is 7.62. The lowest BCUT2D eigenvalue weighted by atomic mass is 10.1. The number of nitrogens with zero attached hydrogens (tertiary/aromatic N) is 2. The molecule has 0 atom stereocenters. The summed E-state index contributed by atoms with van der Waals surface area (Å²) >= 11 is 1.94. The summed E-state index contributed by atoms with van der Waals surface area (Å²) in [6.07, 6.45) is -0.484. The molecule has 196 valence electrons. The van der Waals surface area contributed by atoms with Gasteiger partial charge in [-0.3, -0.25) is 9.59 Å². The Balaban J connectivity index is 1.98. The zero-order chi connectivity index (χ0) is 27.9. The first-order valence-corrected chi connectivity index (χ1v) is 13.1. The molecule has 0 fully saturated rings. The highest BCUT2D eigenvalue weighted by atomic mass is 32.1. The highest BCUT2D eigenvalue weighted by molar-refractivity contribution is 7.19. The second kappa shape index (κ2) is 13.0. The molecule has 0 saturated carbocycles. The van der Waals surface area contributed by atoms with Crippen LogP contribution >= 0.6 is 22.7 Å². The number of rotatable bonds is 10. The van der Waals surface area contributed by atoms with E-state index in [1.165, 1.54) is 0 Å². The predicted octanol–water partition coefficient (Wildman–Crippen LogP) is 5.05. The topological polar surface area (TPSA) is 158 Å². The highest BCUT2D eigenvalue weighted by Crippen LogP contribution is 2.34. The minimum Gasteiger partial charge on any atom is -0.459 e. The van der Waals surface area contributed by atoms with Crippen LogP contribution < -0.4 is 10.6 Å². The number of nitriles is 2. The molecule has 0 aliphatic rings. The molecule has 10 nitrogen and oxygen atoms in total. The third-order valence-corrected chi connectivity index (χ3v) is 7.26. The summed E-state index contributed by atoms with van der Waals surface area (Å²) in [5.74, 6) is -1.96. The van der Waals surface area contributed by atoms with Crippen molar-refractivity contribution in [3.8, 4) is 12.1 Å². The lowest BCUT2D eigenvalue weighted by Gasteiger charge is -2.06. The summed E-state index contributed by atoms with van der Waals surface area (Å²) in [4.78, 5) is 49.9. The molecule has 2 amide bonds. The maximum Gasteiger partial charge on any atom is 0.348 e. The number of nitrogens with one attached hydrogen (secondary N) is 2. The number of thiophene rings is 2. The molecule has 2 aromatic rings. The minimum absolute atomic E-state index is 0.0124. The molecule has 0 unspecified atom stereocenters. The number of hydrogen-bond acceptors (Lipinski definition) is 10. The molecule has 2 aromatic heterocycles. The van der Waals surface area contributed by atoms with Gasteiger partial charge in [-0.1, -0.05) is 0 Å². The van der Waals surface area contributed by atoms with Crippen LogP contribution in [0, 0.1) is 36.5 Å². The van der Waals surface area contributed by atoms with Crippen LogP contribution in [0.2, 0.25) is 0 Å². The van der Waals surface area contributed by atoms with Crippen LogP contribution in [0.25, 0.3) is 0 Å². The Morgan fingerprint density at radius 2 is 1.11 bits per heavy atom. The lowest BCUT2D eigenvalue weighted by molar-refractivity contribution is -0.117. The van der Waals surface area contributed by atoms with Gasteiger partial charge in [0.05, 0.1) is 23.3 Å². The molecule has 37 heavy (non-hydrogen) atoms. The first-order chi connectivity index (χ1) is 17.4. The van der Waals surface area contributed by atoms with E-state index < -0.39 is 23.8 Å². The summed E-state index contributed by atoms with van der Waals surface area (Å²) in [6.45, 7) is 10.1. The number of amides is 2. The van der Waals surface area contributed by atoms with Gasteiger partial charge in [0.15, 0.2) is 0 Å². The van der Waals surface area contributed by atoms with Gasteiger partial charge in [-0.05, 0) is 59.1 Å². The number of ether oxygens (including phenoxy) is 2. The van der Waals surface area contributed by atoms with Crippen LogP contribution in [0.3, 0.4) is 0 Å². The quantitative estimate of drug-likeness (QED) is 0.393. The van der Waals surface area contributed by atoms with Crippen LogP contribution in [0.1, 0.15) is 88.6 Å². The predicted molar refractivity (Wildman–Crippen MR) is 140 cm³/mol. The van der Waals surface area contributed by atoms with Crippen molar-refractivity contribution in [2.45, 2.75) is 73.0 Å². The van der Waals surface area contributed by atoms with Gasteiger partial charge in [-0.15, -0.1) is 22.7 Å². The summed E-state index contributed by atoms with van der Waals surface area (Å²) in [6, 6.07) is 4.00. The van der Waals surface area contributed by atoms with E-state index >= 15 is 0 Å². The van der Waals surface area contributed by atoms with Crippen molar-refractivity contribution >= 4 is 56.4 Å². The van der Waals surface area contributed by atoms with Crippen LogP contribution in [-0.4, -0.2) is 36.0 Å². The SMILES string of the molecule is Cc1c(C(=O)OC(C)C)sc(NC(=O)CCCC(=O)Nc2sc(C(=O)OC(C)C)c(C)c2C#N)c1C#N. The Morgan fingerprint density at radius 3 is 1.41 bits per heavy atom. The first kappa shape index (κ1) is 29.5.